The third kappa shape index (κ3) is 5.15. The highest BCUT2D eigenvalue weighted by atomic mass is 32.2. The summed E-state index contributed by atoms with van der Waals surface area (Å²) in [5, 5.41) is 13.5. The number of anilines is 2. The first kappa shape index (κ1) is 19.5. The number of hydrogen-bond donors (Lipinski definition) is 3. The molecule has 1 aromatic heterocycles. The standard InChI is InChI=1S/C18H15N5O3S2/c19-15(25)12-8-4-5-9-13(12)20-14(24)10-27-18-23-22-17(28-18)21-16(26)11-6-2-1-3-7-11/h1-9H,10H2,(H2,19,25)(H,20,24)(H,21,22,26). The quantitative estimate of drug-likeness (QED) is 0.404. The molecule has 0 saturated carbocycles. The fourth-order valence-corrected chi connectivity index (χ4v) is 3.74. The summed E-state index contributed by atoms with van der Waals surface area (Å²) < 4.78 is 0.529. The zero-order valence-electron chi connectivity index (χ0n) is 14.4. The molecule has 0 bridgehead atoms. The van der Waals surface area contributed by atoms with Gasteiger partial charge in [-0.25, -0.2) is 0 Å². The van der Waals surface area contributed by atoms with Crippen LogP contribution >= 0.6 is 23.1 Å². The Morgan fingerprint density at radius 2 is 1.68 bits per heavy atom. The summed E-state index contributed by atoms with van der Waals surface area (Å²) in [6.07, 6.45) is 0. The molecule has 0 fully saturated rings. The van der Waals surface area contributed by atoms with Crippen molar-refractivity contribution >= 4 is 51.6 Å². The number of thioether (sulfide) groups is 1. The molecule has 0 aliphatic rings. The van der Waals surface area contributed by atoms with Crippen LogP contribution in [0.2, 0.25) is 0 Å². The fraction of sp³-hybridized carbons (Fsp3) is 0.0556. The molecular weight excluding hydrogens is 398 g/mol. The number of carbonyl (C=O) groups excluding carboxylic acids is 3. The molecule has 0 unspecified atom stereocenters. The predicted molar refractivity (Wildman–Crippen MR) is 109 cm³/mol. The monoisotopic (exact) mass is 413 g/mol. The summed E-state index contributed by atoms with van der Waals surface area (Å²) in [5.41, 5.74) is 6.40. The van der Waals surface area contributed by atoms with Gasteiger partial charge < -0.3 is 11.1 Å². The van der Waals surface area contributed by atoms with E-state index in [1.54, 1.807) is 42.5 Å². The van der Waals surface area contributed by atoms with Crippen LogP contribution in [0, 0.1) is 0 Å². The van der Waals surface area contributed by atoms with E-state index in [9.17, 15) is 14.4 Å². The number of benzene rings is 2. The highest BCUT2D eigenvalue weighted by molar-refractivity contribution is 8.01. The van der Waals surface area contributed by atoms with Crippen LogP contribution in [0.1, 0.15) is 20.7 Å². The third-order valence-electron chi connectivity index (χ3n) is 3.46. The Kier molecular flexibility index (Phi) is 6.35. The molecule has 0 atom stereocenters. The maximum Gasteiger partial charge on any atom is 0.257 e. The molecular formula is C18H15N5O3S2. The van der Waals surface area contributed by atoms with E-state index >= 15 is 0 Å². The van der Waals surface area contributed by atoms with Gasteiger partial charge in [-0.05, 0) is 24.3 Å². The summed E-state index contributed by atoms with van der Waals surface area (Å²) in [6.45, 7) is 0. The highest BCUT2D eigenvalue weighted by Gasteiger charge is 2.13. The molecule has 1 heterocycles. The lowest BCUT2D eigenvalue weighted by Gasteiger charge is -2.07. The van der Waals surface area contributed by atoms with Crippen molar-refractivity contribution in [3.63, 3.8) is 0 Å². The maximum atomic E-state index is 12.1. The van der Waals surface area contributed by atoms with Gasteiger partial charge in [0.2, 0.25) is 11.0 Å². The van der Waals surface area contributed by atoms with Gasteiger partial charge in [-0.2, -0.15) is 0 Å². The Morgan fingerprint density at radius 1 is 0.964 bits per heavy atom. The number of rotatable bonds is 7. The largest absolute Gasteiger partial charge is 0.366 e. The van der Waals surface area contributed by atoms with E-state index in [2.05, 4.69) is 20.8 Å². The van der Waals surface area contributed by atoms with Crippen molar-refractivity contribution in [3.8, 4) is 0 Å². The number of nitrogens with one attached hydrogen (secondary N) is 2. The Morgan fingerprint density at radius 3 is 2.43 bits per heavy atom. The Labute approximate surface area is 168 Å². The van der Waals surface area contributed by atoms with Gasteiger partial charge in [0, 0.05) is 5.56 Å². The molecule has 0 saturated heterocycles. The average molecular weight is 413 g/mol. The summed E-state index contributed by atoms with van der Waals surface area (Å²) in [6, 6.07) is 15.3. The van der Waals surface area contributed by atoms with Crippen molar-refractivity contribution in [1.82, 2.24) is 10.2 Å². The second-order valence-corrected chi connectivity index (χ2v) is 7.64. The number of aromatic nitrogens is 2. The lowest BCUT2D eigenvalue weighted by atomic mass is 10.1. The molecule has 8 nitrogen and oxygen atoms in total. The molecule has 0 spiro atoms. The first-order valence-corrected chi connectivity index (χ1v) is 9.84. The van der Waals surface area contributed by atoms with Gasteiger partial charge in [-0.1, -0.05) is 53.4 Å². The summed E-state index contributed by atoms with van der Waals surface area (Å²) in [7, 11) is 0. The number of para-hydroxylation sites is 1. The molecule has 3 amide bonds. The number of nitrogens with zero attached hydrogens (tertiary/aromatic N) is 2. The van der Waals surface area contributed by atoms with Crippen LogP contribution in [0.3, 0.4) is 0 Å². The van der Waals surface area contributed by atoms with E-state index < -0.39 is 5.91 Å². The number of amides is 3. The Bertz CT molecular complexity index is 1010. The maximum absolute atomic E-state index is 12.1. The molecule has 28 heavy (non-hydrogen) atoms. The summed E-state index contributed by atoms with van der Waals surface area (Å²) >= 11 is 2.34. The lowest BCUT2D eigenvalue weighted by molar-refractivity contribution is -0.113. The smallest absolute Gasteiger partial charge is 0.257 e. The topological polar surface area (TPSA) is 127 Å². The minimum absolute atomic E-state index is 0.0639. The van der Waals surface area contributed by atoms with Crippen LogP contribution < -0.4 is 16.4 Å². The second kappa shape index (κ2) is 9.11. The first-order chi connectivity index (χ1) is 13.5. The van der Waals surface area contributed by atoms with Gasteiger partial charge in [0.1, 0.15) is 0 Å². The summed E-state index contributed by atoms with van der Waals surface area (Å²) in [5.74, 6) is -1.15. The number of primary amides is 1. The SMILES string of the molecule is NC(=O)c1ccccc1NC(=O)CSc1nnc(NC(=O)c2ccccc2)s1. The number of nitrogens with two attached hydrogens (primary N) is 1. The normalized spacial score (nSPS) is 10.3. The molecule has 0 radical (unpaired) electrons. The van der Waals surface area contributed by atoms with E-state index in [1.807, 2.05) is 6.07 Å². The van der Waals surface area contributed by atoms with E-state index in [0.29, 0.717) is 20.7 Å². The second-order valence-electron chi connectivity index (χ2n) is 5.44. The molecule has 3 rings (SSSR count). The molecule has 0 aliphatic carbocycles. The van der Waals surface area contributed by atoms with Crippen molar-refractivity contribution in [2.45, 2.75) is 4.34 Å². The fourth-order valence-electron chi connectivity index (χ4n) is 2.20. The van der Waals surface area contributed by atoms with Crippen LogP contribution in [0.25, 0.3) is 0 Å². The molecule has 142 valence electrons. The molecule has 3 aromatic rings. The van der Waals surface area contributed by atoms with Crippen LogP contribution in [0.4, 0.5) is 10.8 Å². The van der Waals surface area contributed by atoms with Crippen molar-refractivity contribution in [3.05, 3.63) is 65.7 Å². The van der Waals surface area contributed by atoms with Gasteiger partial charge in [-0.15, -0.1) is 10.2 Å². The third-order valence-corrected chi connectivity index (χ3v) is 5.43. The van der Waals surface area contributed by atoms with Gasteiger partial charge >= 0.3 is 0 Å². The molecule has 0 aliphatic heterocycles. The van der Waals surface area contributed by atoms with Gasteiger partial charge in [-0.3, -0.25) is 19.7 Å². The summed E-state index contributed by atoms with van der Waals surface area (Å²) in [4.78, 5) is 35.6. The van der Waals surface area contributed by atoms with E-state index in [-0.39, 0.29) is 23.1 Å². The molecule has 4 N–H and O–H groups in total. The predicted octanol–water partition coefficient (Wildman–Crippen LogP) is 2.62. The van der Waals surface area contributed by atoms with Crippen molar-refractivity contribution in [1.29, 1.82) is 0 Å². The zero-order chi connectivity index (χ0) is 19.9. The van der Waals surface area contributed by atoms with Crippen molar-refractivity contribution in [2.24, 2.45) is 5.73 Å². The lowest BCUT2D eigenvalue weighted by Crippen LogP contribution is -2.19. The van der Waals surface area contributed by atoms with Crippen LogP contribution in [0.5, 0.6) is 0 Å². The number of hydrogen-bond acceptors (Lipinski definition) is 7. The van der Waals surface area contributed by atoms with Gasteiger partial charge in [0.15, 0.2) is 4.34 Å². The van der Waals surface area contributed by atoms with Crippen LogP contribution in [-0.4, -0.2) is 33.7 Å². The minimum atomic E-state index is -0.619. The minimum Gasteiger partial charge on any atom is -0.366 e. The van der Waals surface area contributed by atoms with E-state index in [4.69, 9.17) is 5.73 Å². The average Bonchev–Trinajstić information content (AvgIpc) is 3.14. The Hall–Kier alpha value is -3.24. The zero-order valence-corrected chi connectivity index (χ0v) is 16.0. The van der Waals surface area contributed by atoms with Crippen LogP contribution in [-0.2, 0) is 4.79 Å². The first-order valence-electron chi connectivity index (χ1n) is 8.04. The molecule has 10 heteroatoms. The van der Waals surface area contributed by atoms with Crippen molar-refractivity contribution < 1.29 is 14.4 Å². The van der Waals surface area contributed by atoms with Crippen molar-refractivity contribution in [2.75, 3.05) is 16.4 Å². The Balaban J connectivity index is 1.54. The van der Waals surface area contributed by atoms with Gasteiger partial charge in [0.25, 0.3) is 11.8 Å². The van der Waals surface area contributed by atoms with Crippen LogP contribution in [0.15, 0.2) is 58.9 Å². The number of carbonyl (C=O) groups is 3. The highest BCUT2D eigenvalue weighted by Crippen LogP contribution is 2.26. The van der Waals surface area contributed by atoms with E-state index in [1.165, 1.54) is 29.2 Å². The van der Waals surface area contributed by atoms with Gasteiger partial charge in [0.05, 0.1) is 17.0 Å². The molecule has 2 aromatic carbocycles. The van der Waals surface area contributed by atoms with E-state index in [0.717, 1.165) is 0 Å².